The molecule has 0 amide bonds. The van der Waals surface area contributed by atoms with Crippen LogP contribution in [0.3, 0.4) is 0 Å². The number of methoxy groups -OCH3 is 1. The van der Waals surface area contributed by atoms with Crippen molar-refractivity contribution < 1.29 is 9.13 Å². The van der Waals surface area contributed by atoms with Gasteiger partial charge in [-0.25, -0.2) is 4.39 Å². The Labute approximate surface area is 156 Å². The molecule has 0 aliphatic rings. The van der Waals surface area contributed by atoms with Crippen molar-refractivity contribution >= 4 is 0 Å². The fourth-order valence-electron chi connectivity index (χ4n) is 3.46. The van der Waals surface area contributed by atoms with E-state index >= 15 is 0 Å². The van der Waals surface area contributed by atoms with Crippen LogP contribution in [0.15, 0.2) is 36.4 Å². The quantitative estimate of drug-likeness (QED) is 0.523. The van der Waals surface area contributed by atoms with Gasteiger partial charge in [0, 0.05) is 13.5 Å². The van der Waals surface area contributed by atoms with E-state index in [1.807, 2.05) is 6.07 Å². The predicted octanol–water partition coefficient (Wildman–Crippen LogP) is 6.39. The highest BCUT2D eigenvalue weighted by Gasteiger charge is 2.14. The maximum absolute atomic E-state index is 14.5. The molecule has 2 rings (SSSR count). The van der Waals surface area contributed by atoms with Crippen LogP contribution in [0.2, 0.25) is 0 Å². The predicted molar refractivity (Wildman–Crippen MR) is 104 cm³/mol. The Morgan fingerprint density at radius 2 is 1.88 bits per heavy atom. The van der Waals surface area contributed by atoms with Crippen LogP contribution in [0.1, 0.15) is 62.1 Å². The molecule has 0 aliphatic heterocycles. The van der Waals surface area contributed by atoms with Crippen LogP contribution in [0, 0.1) is 17.1 Å². The Morgan fingerprint density at radius 3 is 2.50 bits per heavy atom. The molecule has 138 valence electrons. The van der Waals surface area contributed by atoms with Crippen LogP contribution in [-0.2, 0) is 17.8 Å². The first-order valence-electron chi connectivity index (χ1n) is 9.42. The highest BCUT2D eigenvalue weighted by atomic mass is 19.1. The second-order valence-corrected chi connectivity index (χ2v) is 6.71. The zero-order chi connectivity index (χ0) is 18.9. The molecule has 0 heterocycles. The van der Waals surface area contributed by atoms with Crippen LogP contribution in [-0.4, -0.2) is 7.11 Å². The molecule has 2 aromatic carbocycles. The van der Waals surface area contributed by atoms with Crippen LogP contribution >= 0.6 is 0 Å². The second kappa shape index (κ2) is 10.1. The van der Waals surface area contributed by atoms with E-state index in [0.717, 1.165) is 36.0 Å². The van der Waals surface area contributed by atoms with Gasteiger partial charge in [-0.3, -0.25) is 0 Å². The third kappa shape index (κ3) is 4.93. The third-order valence-corrected chi connectivity index (χ3v) is 4.91. The molecule has 0 saturated heterocycles. The van der Waals surface area contributed by atoms with Crippen molar-refractivity contribution in [1.29, 1.82) is 5.26 Å². The normalized spacial score (nSPS) is 12.0. The molecule has 0 radical (unpaired) electrons. The van der Waals surface area contributed by atoms with Gasteiger partial charge in [0.15, 0.2) is 0 Å². The summed E-state index contributed by atoms with van der Waals surface area (Å²) in [5.41, 5.74) is 4.86. The summed E-state index contributed by atoms with van der Waals surface area (Å²) in [4.78, 5) is 0. The number of nitriles is 1. The fraction of sp³-hybridized carbons (Fsp3) is 0.435. The smallest absolute Gasteiger partial charge is 0.127 e. The molecule has 26 heavy (non-hydrogen) atoms. The molecule has 0 saturated carbocycles. The number of aryl methyl sites for hydroxylation is 1. The summed E-state index contributed by atoms with van der Waals surface area (Å²) in [6.45, 7) is 4.92. The standard InChI is InChI=1S/C23H28FNO/c1-4-7-17(5-2)19-10-12-21(16-26-3)22(14-19)20-11-9-18(8-6-13-25)23(24)15-20/h9-12,14-15,17H,4-8,16H2,1-3H3. The molecule has 1 atom stereocenters. The fourth-order valence-corrected chi connectivity index (χ4v) is 3.46. The Bertz CT molecular complexity index is 763. The minimum Gasteiger partial charge on any atom is -0.380 e. The molecule has 2 nitrogen and oxygen atoms in total. The highest BCUT2D eigenvalue weighted by molar-refractivity contribution is 5.69. The first kappa shape index (κ1) is 20.1. The highest BCUT2D eigenvalue weighted by Crippen LogP contribution is 2.32. The van der Waals surface area contributed by atoms with Gasteiger partial charge in [0.05, 0.1) is 12.7 Å². The average Bonchev–Trinajstić information content (AvgIpc) is 2.66. The van der Waals surface area contributed by atoms with Crippen LogP contribution in [0.4, 0.5) is 4.39 Å². The van der Waals surface area contributed by atoms with Crippen molar-refractivity contribution in [3.8, 4) is 17.2 Å². The summed E-state index contributed by atoms with van der Waals surface area (Å²) in [6, 6.07) is 13.9. The number of halogens is 1. The van der Waals surface area contributed by atoms with Crippen molar-refractivity contribution in [1.82, 2.24) is 0 Å². The third-order valence-electron chi connectivity index (χ3n) is 4.91. The summed E-state index contributed by atoms with van der Waals surface area (Å²) in [7, 11) is 1.68. The molecule has 0 aromatic heterocycles. The number of benzene rings is 2. The monoisotopic (exact) mass is 353 g/mol. The van der Waals surface area contributed by atoms with Gasteiger partial charge in [-0.05, 0) is 59.1 Å². The minimum atomic E-state index is -0.243. The SMILES string of the molecule is CCCC(CC)c1ccc(COC)c(-c2ccc(CCC#N)c(F)c2)c1. The lowest BCUT2D eigenvalue weighted by molar-refractivity contribution is 0.185. The molecular weight excluding hydrogens is 325 g/mol. The van der Waals surface area contributed by atoms with E-state index < -0.39 is 0 Å². The first-order valence-corrected chi connectivity index (χ1v) is 9.42. The summed E-state index contributed by atoms with van der Waals surface area (Å²) < 4.78 is 19.8. The van der Waals surface area contributed by atoms with Crippen molar-refractivity contribution in [2.45, 2.75) is 58.5 Å². The van der Waals surface area contributed by atoms with Crippen LogP contribution in [0.25, 0.3) is 11.1 Å². The summed E-state index contributed by atoms with van der Waals surface area (Å²) in [6.07, 6.45) is 4.17. The largest absolute Gasteiger partial charge is 0.380 e. The maximum Gasteiger partial charge on any atom is 0.127 e. The van der Waals surface area contributed by atoms with Gasteiger partial charge in [-0.15, -0.1) is 0 Å². The van der Waals surface area contributed by atoms with E-state index in [9.17, 15) is 4.39 Å². The zero-order valence-corrected chi connectivity index (χ0v) is 16.0. The lowest BCUT2D eigenvalue weighted by Gasteiger charge is -2.18. The molecule has 2 aromatic rings. The molecule has 3 heteroatoms. The van der Waals surface area contributed by atoms with E-state index in [4.69, 9.17) is 10.00 Å². The van der Waals surface area contributed by atoms with E-state index in [0.29, 0.717) is 30.9 Å². The topological polar surface area (TPSA) is 33.0 Å². The summed E-state index contributed by atoms with van der Waals surface area (Å²) in [5, 5.41) is 8.71. The average molecular weight is 353 g/mol. The van der Waals surface area contributed by atoms with Gasteiger partial charge < -0.3 is 4.74 Å². The van der Waals surface area contributed by atoms with Crippen molar-refractivity contribution in [2.75, 3.05) is 7.11 Å². The van der Waals surface area contributed by atoms with Gasteiger partial charge in [0.25, 0.3) is 0 Å². The van der Waals surface area contributed by atoms with Gasteiger partial charge in [-0.1, -0.05) is 50.6 Å². The van der Waals surface area contributed by atoms with Crippen molar-refractivity contribution in [2.24, 2.45) is 0 Å². The van der Waals surface area contributed by atoms with Gasteiger partial charge in [0.2, 0.25) is 0 Å². The Morgan fingerprint density at radius 1 is 1.12 bits per heavy atom. The van der Waals surface area contributed by atoms with Crippen molar-refractivity contribution in [3.05, 3.63) is 58.9 Å². The molecule has 0 N–H and O–H groups in total. The van der Waals surface area contributed by atoms with Gasteiger partial charge in [-0.2, -0.15) is 5.26 Å². The molecule has 0 fully saturated rings. The van der Waals surface area contributed by atoms with Crippen LogP contribution in [0.5, 0.6) is 0 Å². The maximum atomic E-state index is 14.5. The molecular formula is C23H28FNO. The number of nitrogens with zero attached hydrogens (tertiary/aromatic N) is 1. The van der Waals surface area contributed by atoms with E-state index in [1.54, 1.807) is 19.2 Å². The second-order valence-electron chi connectivity index (χ2n) is 6.71. The van der Waals surface area contributed by atoms with E-state index in [1.165, 1.54) is 5.56 Å². The zero-order valence-electron chi connectivity index (χ0n) is 16.0. The van der Waals surface area contributed by atoms with Crippen molar-refractivity contribution in [3.63, 3.8) is 0 Å². The number of hydrogen-bond acceptors (Lipinski definition) is 2. The number of hydrogen-bond donors (Lipinski definition) is 0. The Kier molecular flexibility index (Phi) is 7.81. The summed E-state index contributed by atoms with van der Waals surface area (Å²) >= 11 is 0. The first-order chi connectivity index (χ1) is 12.6. The lowest BCUT2D eigenvalue weighted by Crippen LogP contribution is -2.01. The van der Waals surface area contributed by atoms with Gasteiger partial charge in [0.1, 0.15) is 5.82 Å². The molecule has 0 bridgehead atoms. The van der Waals surface area contributed by atoms with E-state index in [-0.39, 0.29) is 5.82 Å². The number of ether oxygens (including phenoxy) is 1. The number of rotatable bonds is 9. The minimum absolute atomic E-state index is 0.243. The van der Waals surface area contributed by atoms with Crippen LogP contribution < -0.4 is 0 Å². The molecule has 0 aliphatic carbocycles. The lowest BCUT2D eigenvalue weighted by atomic mass is 9.88. The summed E-state index contributed by atoms with van der Waals surface area (Å²) in [5.74, 6) is 0.280. The Balaban J connectivity index is 2.45. The Hall–Kier alpha value is -2.18. The molecule has 0 spiro atoms. The van der Waals surface area contributed by atoms with E-state index in [2.05, 4.69) is 38.1 Å². The van der Waals surface area contributed by atoms with Gasteiger partial charge >= 0.3 is 0 Å². The molecule has 1 unspecified atom stereocenters.